The fourth-order valence-electron chi connectivity index (χ4n) is 2.28. The molecule has 0 bridgehead atoms. The van der Waals surface area contributed by atoms with Gasteiger partial charge >= 0.3 is 5.97 Å². The Balaban J connectivity index is 0.000000758. The fourth-order valence-corrected chi connectivity index (χ4v) is 2.28. The molecule has 1 aromatic carbocycles. The molecule has 0 atom stereocenters. The molecule has 1 amide bonds. The van der Waals surface area contributed by atoms with Crippen LogP contribution in [0.25, 0.3) is 0 Å². The molecule has 9 heteroatoms. The van der Waals surface area contributed by atoms with Crippen molar-refractivity contribution in [2.75, 3.05) is 18.6 Å². The van der Waals surface area contributed by atoms with Gasteiger partial charge < -0.3 is 14.9 Å². The average molecular weight is 361 g/mol. The Morgan fingerprint density at radius 1 is 1.27 bits per heavy atom. The van der Waals surface area contributed by atoms with Crippen molar-refractivity contribution in [3.63, 3.8) is 0 Å². The topological polar surface area (TPSA) is 122 Å². The van der Waals surface area contributed by atoms with E-state index < -0.39 is 17.2 Å². The van der Waals surface area contributed by atoms with Crippen LogP contribution >= 0.6 is 0 Å². The van der Waals surface area contributed by atoms with Crippen LogP contribution in [-0.4, -0.2) is 45.3 Å². The summed E-state index contributed by atoms with van der Waals surface area (Å²) in [5.74, 6) is -2.09. The van der Waals surface area contributed by atoms with Gasteiger partial charge in [-0.05, 0) is 12.5 Å². The van der Waals surface area contributed by atoms with E-state index in [1.807, 2.05) is 6.07 Å². The molecule has 0 saturated carbocycles. The maximum absolute atomic E-state index is 12.5. The summed E-state index contributed by atoms with van der Waals surface area (Å²) in [4.78, 5) is 40.6. The van der Waals surface area contributed by atoms with Gasteiger partial charge in [0.05, 0.1) is 0 Å². The van der Waals surface area contributed by atoms with E-state index in [1.54, 1.807) is 31.2 Å². The minimum atomic E-state index is -1.39. The van der Waals surface area contributed by atoms with Gasteiger partial charge in [0.1, 0.15) is 13.2 Å². The largest absolute Gasteiger partial charge is 0.481 e. The minimum Gasteiger partial charge on any atom is -0.481 e. The number of aliphatic hydroxyl groups excluding tert-OH is 1. The quantitative estimate of drug-likeness (QED) is 0.813. The molecule has 0 fully saturated rings. The van der Waals surface area contributed by atoms with Crippen molar-refractivity contribution in [1.29, 1.82) is 0 Å². The van der Waals surface area contributed by atoms with Gasteiger partial charge in [-0.2, -0.15) is 0 Å². The lowest BCUT2D eigenvalue weighted by atomic mass is 10.2. The van der Waals surface area contributed by atoms with Crippen molar-refractivity contribution in [2.24, 2.45) is 0 Å². The summed E-state index contributed by atoms with van der Waals surface area (Å²) in [6.07, 6.45) is 0. The van der Waals surface area contributed by atoms with Crippen LogP contribution in [0.2, 0.25) is 0 Å². The molecular formula is C17H19N3O6. The molecule has 0 unspecified atom stereocenters. The number of aliphatic hydroxyl groups is 1. The first kappa shape index (κ1) is 19.1. The molecule has 2 heterocycles. The molecule has 26 heavy (non-hydrogen) atoms. The highest BCUT2D eigenvalue weighted by Gasteiger charge is 2.31. The molecule has 1 aliphatic heterocycles. The van der Waals surface area contributed by atoms with E-state index in [0.717, 1.165) is 15.0 Å². The number of hydrogen-bond acceptors (Lipinski definition) is 6. The summed E-state index contributed by atoms with van der Waals surface area (Å²) in [6, 6.07) is 9.02. The number of fused-ring (bicyclic) bond motifs is 1. The summed E-state index contributed by atoms with van der Waals surface area (Å²) in [5, 5.41) is 16.8. The number of rotatable bonds is 4. The molecule has 3 rings (SSSR count). The number of nitrogens with zero attached hydrogens (tertiary/aromatic N) is 3. The molecule has 2 N–H and O–H groups in total. The molecule has 2 aromatic rings. The van der Waals surface area contributed by atoms with Gasteiger partial charge in [-0.3, -0.25) is 19.1 Å². The van der Waals surface area contributed by atoms with Crippen LogP contribution in [0.4, 0.5) is 5.95 Å². The monoisotopic (exact) mass is 361 g/mol. The van der Waals surface area contributed by atoms with Gasteiger partial charge in [0.25, 0.3) is 5.56 Å². The van der Waals surface area contributed by atoms with E-state index in [1.165, 1.54) is 7.05 Å². The molecule has 138 valence electrons. The molecule has 1 aliphatic rings. The smallest absolute Gasteiger partial charge is 0.358 e. The minimum absolute atomic E-state index is 0.00413. The van der Waals surface area contributed by atoms with Gasteiger partial charge in [-0.1, -0.05) is 30.3 Å². The highest BCUT2D eigenvalue weighted by molar-refractivity contribution is 5.96. The van der Waals surface area contributed by atoms with Crippen LogP contribution in [0.3, 0.4) is 0 Å². The normalized spacial score (nSPS) is 12.3. The van der Waals surface area contributed by atoms with E-state index in [0.29, 0.717) is 0 Å². The Hall–Kier alpha value is -3.20. The number of carboxylic acid groups (broad SMARTS) is 1. The molecular weight excluding hydrogens is 342 g/mol. The van der Waals surface area contributed by atoms with Crippen LogP contribution in [0, 0.1) is 0 Å². The predicted octanol–water partition coefficient (Wildman–Crippen LogP) is 0.495. The van der Waals surface area contributed by atoms with Gasteiger partial charge in [0.2, 0.25) is 17.6 Å². The number of aromatic carboxylic acids is 1. The van der Waals surface area contributed by atoms with Gasteiger partial charge in [0, 0.05) is 13.7 Å². The zero-order chi connectivity index (χ0) is 19.3. The SMILES string of the molecule is CCO.CN1C(=O)Cn2c1nc(C(=O)O)c(OCc1ccccc1)c2=O. The highest BCUT2D eigenvalue weighted by Crippen LogP contribution is 2.21. The number of carbonyl (C=O) groups is 2. The van der Waals surface area contributed by atoms with Gasteiger partial charge in [0.15, 0.2) is 5.69 Å². The fraction of sp³-hybridized carbons (Fsp3) is 0.294. The number of ether oxygens (including phenoxy) is 1. The van der Waals surface area contributed by atoms with Crippen molar-refractivity contribution in [3.8, 4) is 5.75 Å². The maximum atomic E-state index is 12.5. The summed E-state index contributed by atoms with van der Waals surface area (Å²) in [5.41, 5.74) is -0.401. The van der Waals surface area contributed by atoms with Gasteiger partial charge in [-0.25, -0.2) is 9.78 Å². The zero-order valence-corrected chi connectivity index (χ0v) is 14.4. The molecule has 0 aliphatic carbocycles. The Morgan fingerprint density at radius 3 is 2.46 bits per heavy atom. The van der Waals surface area contributed by atoms with Crippen LogP contribution < -0.4 is 15.2 Å². The third-order valence-corrected chi connectivity index (χ3v) is 3.50. The van der Waals surface area contributed by atoms with Crippen molar-refractivity contribution >= 4 is 17.8 Å². The first-order valence-corrected chi connectivity index (χ1v) is 7.82. The Labute approximate surface area is 149 Å². The summed E-state index contributed by atoms with van der Waals surface area (Å²) in [6.45, 7) is 1.78. The van der Waals surface area contributed by atoms with E-state index >= 15 is 0 Å². The van der Waals surface area contributed by atoms with E-state index in [-0.39, 0.29) is 37.4 Å². The number of hydrogen-bond donors (Lipinski definition) is 2. The van der Waals surface area contributed by atoms with E-state index in [2.05, 4.69) is 4.98 Å². The number of anilines is 1. The average Bonchev–Trinajstić information content (AvgIpc) is 2.90. The third kappa shape index (κ3) is 3.89. The van der Waals surface area contributed by atoms with Crippen molar-refractivity contribution in [1.82, 2.24) is 9.55 Å². The first-order valence-electron chi connectivity index (χ1n) is 7.82. The van der Waals surface area contributed by atoms with Crippen LogP contribution in [-0.2, 0) is 17.9 Å². The number of aromatic nitrogens is 2. The molecule has 1 aromatic heterocycles. The second-order valence-corrected chi connectivity index (χ2v) is 5.33. The van der Waals surface area contributed by atoms with Crippen LogP contribution in [0.1, 0.15) is 23.0 Å². The van der Waals surface area contributed by atoms with Crippen LogP contribution in [0.15, 0.2) is 35.1 Å². The maximum Gasteiger partial charge on any atom is 0.358 e. The third-order valence-electron chi connectivity index (χ3n) is 3.50. The second kappa shape index (κ2) is 8.26. The van der Waals surface area contributed by atoms with Crippen molar-refractivity contribution in [3.05, 3.63) is 51.9 Å². The highest BCUT2D eigenvalue weighted by atomic mass is 16.5. The lowest BCUT2D eigenvalue weighted by Gasteiger charge is -2.12. The summed E-state index contributed by atoms with van der Waals surface area (Å²) < 4.78 is 6.51. The molecule has 0 radical (unpaired) electrons. The lowest BCUT2D eigenvalue weighted by molar-refractivity contribution is -0.117. The Bertz CT molecular complexity index is 863. The summed E-state index contributed by atoms with van der Waals surface area (Å²) >= 11 is 0. The number of carboxylic acids is 1. The van der Waals surface area contributed by atoms with E-state index in [4.69, 9.17) is 9.84 Å². The number of benzene rings is 1. The number of carbonyl (C=O) groups excluding carboxylic acids is 1. The number of likely N-dealkylation sites (N-methyl/N-ethyl adjacent to an activating group) is 1. The molecule has 9 nitrogen and oxygen atoms in total. The second-order valence-electron chi connectivity index (χ2n) is 5.33. The van der Waals surface area contributed by atoms with Crippen molar-refractivity contribution in [2.45, 2.75) is 20.1 Å². The Morgan fingerprint density at radius 2 is 1.88 bits per heavy atom. The first-order chi connectivity index (χ1) is 12.4. The molecule has 0 spiro atoms. The number of amides is 1. The zero-order valence-electron chi connectivity index (χ0n) is 14.4. The lowest BCUT2D eigenvalue weighted by Crippen LogP contribution is -2.26. The van der Waals surface area contributed by atoms with E-state index in [9.17, 15) is 19.5 Å². The Kier molecular flexibility index (Phi) is 6.07. The standard InChI is InChI=1S/C15H13N3O5.C2H6O/c1-17-10(19)7-18-13(20)12(11(14(21)22)16-15(17)18)23-8-9-5-3-2-4-6-9;1-2-3/h2-6H,7-8H2,1H3,(H,21,22);3H,2H2,1H3. The van der Waals surface area contributed by atoms with Crippen molar-refractivity contribution < 1.29 is 24.5 Å². The van der Waals surface area contributed by atoms with Gasteiger partial charge in [-0.15, -0.1) is 0 Å². The molecule has 0 saturated heterocycles. The van der Waals surface area contributed by atoms with Crippen LogP contribution in [0.5, 0.6) is 5.75 Å². The predicted molar refractivity (Wildman–Crippen MR) is 92.4 cm³/mol. The summed E-state index contributed by atoms with van der Waals surface area (Å²) in [7, 11) is 1.43.